The molecule has 0 aliphatic rings. The summed E-state index contributed by atoms with van der Waals surface area (Å²) in [7, 11) is 0. The van der Waals surface area contributed by atoms with E-state index < -0.39 is 35.8 Å². The number of benzene rings is 2. The third-order valence-corrected chi connectivity index (χ3v) is 5.45. The average molecular weight is 516 g/mol. The van der Waals surface area contributed by atoms with Crippen LogP contribution in [0, 0.1) is 0 Å². The predicted molar refractivity (Wildman–Crippen MR) is 136 cm³/mol. The number of rotatable bonds is 13. The van der Waals surface area contributed by atoms with E-state index in [9.17, 15) is 29.7 Å². The molecular formula is C24H33N7O6. The summed E-state index contributed by atoms with van der Waals surface area (Å²) in [6.45, 7) is 0.202. The second-order valence-electron chi connectivity index (χ2n) is 8.48. The largest absolute Gasteiger partial charge is 0.508 e. The standard InChI is InChI=1S/C24H33N7O6/c25-16(10-13-3-6-15(32)7-4-13)22(36)30-17(2-1-9-29-24(27)28)23(37)31-18(21(26)35)11-14-5-8-19(33)20(34)12-14/h3-8,12,16-18,32-34H,1-2,9-11,25H2,(H2,26,35)(H,30,36)(H,31,37)(H4,27,28,29)/t16?,17-,18?/m1/s1. The van der Waals surface area contributed by atoms with Gasteiger partial charge in [-0.05, 0) is 54.7 Å². The Morgan fingerprint density at radius 2 is 1.43 bits per heavy atom. The van der Waals surface area contributed by atoms with Crippen molar-refractivity contribution in [1.82, 2.24) is 10.6 Å². The van der Waals surface area contributed by atoms with Crippen LogP contribution in [-0.2, 0) is 27.2 Å². The molecule has 0 saturated carbocycles. The van der Waals surface area contributed by atoms with E-state index >= 15 is 0 Å². The molecular weight excluding hydrogens is 482 g/mol. The maximum absolute atomic E-state index is 13.1. The molecule has 3 atom stereocenters. The summed E-state index contributed by atoms with van der Waals surface area (Å²) in [5.74, 6) is -2.89. The number of phenols is 3. The Bertz CT molecular complexity index is 1120. The fraction of sp³-hybridized carbons (Fsp3) is 0.333. The van der Waals surface area contributed by atoms with Crippen molar-refractivity contribution in [2.75, 3.05) is 6.54 Å². The molecule has 0 radical (unpaired) electrons. The molecule has 13 N–H and O–H groups in total. The Kier molecular flexibility index (Phi) is 10.5. The van der Waals surface area contributed by atoms with Gasteiger partial charge in [0, 0.05) is 13.0 Å². The van der Waals surface area contributed by atoms with Gasteiger partial charge in [-0.1, -0.05) is 18.2 Å². The molecule has 0 fully saturated rings. The minimum Gasteiger partial charge on any atom is -0.508 e. The highest BCUT2D eigenvalue weighted by atomic mass is 16.3. The number of carbonyl (C=O) groups excluding carboxylic acids is 3. The SMILES string of the molecule is NC(=O)C(Cc1ccc(O)c(O)c1)NC(=O)[C@@H](CCCN=C(N)N)NC(=O)C(N)Cc1ccc(O)cc1. The van der Waals surface area contributed by atoms with Crippen molar-refractivity contribution in [2.45, 2.75) is 43.8 Å². The summed E-state index contributed by atoms with van der Waals surface area (Å²) >= 11 is 0. The number of nitrogens with two attached hydrogens (primary N) is 4. The molecule has 2 unspecified atom stereocenters. The first-order valence-electron chi connectivity index (χ1n) is 11.5. The fourth-order valence-electron chi connectivity index (χ4n) is 3.46. The summed E-state index contributed by atoms with van der Waals surface area (Å²) in [6, 6.07) is 6.90. The Hall–Kier alpha value is -4.52. The second-order valence-corrected chi connectivity index (χ2v) is 8.48. The van der Waals surface area contributed by atoms with Crippen molar-refractivity contribution in [3.63, 3.8) is 0 Å². The van der Waals surface area contributed by atoms with Gasteiger partial charge in [0.1, 0.15) is 17.8 Å². The number of carbonyl (C=O) groups is 3. The molecule has 0 heterocycles. The Labute approximate surface area is 213 Å². The second kappa shape index (κ2) is 13.5. The number of guanidine groups is 1. The lowest BCUT2D eigenvalue weighted by molar-refractivity contribution is -0.131. The maximum atomic E-state index is 13.1. The summed E-state index contributed by atoms with van der Waals surface area (Å²) in [4.78, 5) is 41.7. The lowest BCUT2D eigenvalue weighted by Crippen LogP contribution is -2.56. The molecule has 2 aromatic carbocycles. The van der Waals surface area contributed by atoms with Gasteiger partial charge in [0.25, 0.3) is 0 Å². The topological polar surface area (TPSA) is 252 Å². The van der Waals surface area contributed by atoms with E-state index in [2.05, 4.69) is 15.6 Å². The van der Waals surface area contributed by atoms with E-state index in [0.29, 0.717) is 17.5 Å². The molecule has 13 nitrogen and oxygen atoms in total. The van der Waals surface area contributed by atoms with Gasteiger partial charge in [0.2, 0.25) is 17.7 Å². The monoisotopic (exact) mass is 515 g/mol. The zero-order valence-electron chi connectivity index (χ0n) is 20.1. The van der Waals surface area contributed by atoms with Crippen LogP contribution in [0.4, 0.5) is 0 Å². The van der Waals surface area contributed by atoms with Gasteiger partial charge in [0.15, 0.2) is 17.5 Å². The van der Waals surface area contributed by atoms with Crippen molar-refractivity contribution in [2.24, 2.45) is 27.9 Å². The van der Waals surface area contributed by atoms with Crippen LogP contribution in [0.5, 0.6) is 17.2 Å². The first kappa shape index (κ1) is 28.7. The normalized spacial score (nSPS) is 13.1. The van der Waals surface area contributed by atoms with Crippen LogP contribution in [0.15, 0.2) is 47.5 Å². The van der Waals surface area contributed by atoms with E-state index in [1.165, 1.54) is 30.3 Å². The molecule has 2 aromatic rings. The van der Waals surface area contributed by atoms with Gasteiger partial charge in [-0.2, -0.15) is 0 Å². The molecule has 200 valence electrons. The molecule has 37 heavy (non-hydrogen) atoms. The van der Waals surface area contributed by atoms with Gasteiger partial charge < -0.3 is 48.9 Å². The quantitative estimate of drug-likeness (QED) is 0.0645. The number of phenolic OH excluding ortho intramolecular Hbond substituents is 3. The predicted octanol–water partition coefficient (Wildman–Crippen LogP) is -1.58. The Morgan fingerprint density at radius 1 is 0.811 bits per heavy atom. The third kappa shape index (κ3) is 9.57. The number of primary amides is 1. The minimum absolute atomic E-state index is 0.0655. The van der Waals surface area contributed by atoms with E-state index in [1.807, 2.05) is 0 Å². The van der Waals surface area contributed by atoms with Crippen molar-refractivity contribution in [3.05, 3.63) is 53.6 Å². The Balaban J connectivity index is 2.11. The fourth-order valence-corrected chi connectivity index (χ4v) is 3.46. The summed E-state index contributed by atoms with van der Waals surface area (Å²) in [6.07, 6.45) is 0.551. The molecule has 0 spiro atoms. The highest BCUT2D eigenvalue weighted by molar-refractivity contribution is 5.92. The highest BCUT2D eigenvalue weighted by Crippen LogP contribution is 2.25. The van der Waals surface area contributed by atoms with Crippen LogP contribution in [0.3, 0.4) is 0 Å². The van der Waals surface area contributed by atoms with Gasteiger partial charge in [-0.25, -0.2) is 0 Å². The van der Waals surface area contributed by atoms with Crippen LogP contribution in [0.1, 0.15) is 24.0 Å². The molecule has 0 bridgehead atoms. The highest BCUT2D eigenvalue weighted by Gasteiger charge is 2.27. The van der Waals surface area contributed by atoms with Crippen LogP contribution in [0.25, 0.3) is 0 Å². The average Bonchev–Trinajstić information content (AvgIpc) is 2.83. The van der Waals surface area contributed by atoms with E-state index in [0.717, 1.165) is 0 Å². The van der Waals surface area contributed by atoms with Crippen molar-refractivity contribution in [3.8, 4) is 17.2 Å². The number of amides is 3. The number of nitrogens with one attached hydrogen (secondary N) is 2. The van der Waals surface area contributed by atoms with Gasteiger partial charge in [0.05, 0.1) is 6.04 Å². The van der Waals surface area contributed by atoms with Gasteiger partial charge in [-0.15, -0.1) is 0 Å². The first-order chi connectivity index (χ1) is 17.5. The summed E-state index contributed by atoms with van der Waals surface area (Å²) in [5, 5.41) is 33.7. The first-order valence-corrected chi connectivity index (χ1v) is 11.5. The number of aliphatic imine (C=N–C) groups is 1. The molecule has 13 heteroatoms. The summed E-state index contributed by atoms with van der Waals surface area (Å²) in [5.41, 5.74) is 23.3. The molecule has 3 amide bonds. The smallest absolute Gasteiger partial charge is 0.243 e. The van der Waals surface area contributed by atoms with Crippen LogP contribution >= 0.6 is 0 Å². The van der Waals surface area contributed by atoms with E-state index in [1.54, 1.807) is 12.1 Å². The number of aromatic hydroxyl groups is 3. The lowest BCUT2D eigenvalue weighted by Gasteiger charge is -2.23. The van der Waals surface area contributed by atoms with Crippen molar-refractivity contribution in [1.29, 1.82) is 0 Å². The molecule has 0 aromatic heterocycles. The zero-order valence-corrected chi connectivity index (χ0v) is 20.1. The van der Waals surface area contributed by atoms with Crippen molar-refractivity contribution < 1.29 is 29.7 Å². The van der Waals surface area contributed by atoms with Crippen LogP contribution in [-0.4, -0.2) is 63.7 Å². The van der Waals surface area contributed by atoms with Gasteiger partial charge >= 0.3 is 0 Å². The molecule has 0 saturated heterocycles. The molecule has 0 aliphatic carbocycles. The number of nitrogens with zero attached hydrogens (tertiary/aromatic N) is 1. The number of hydrogen-bond acceptors (Lipinski definition) is 8. The van der Waals surface area contributed by atoms with Gasteiger partial charge in [-0.3, -0.25) is 19.4 Å². The molecule has 2 rings (SSSR count). The summed E-state index contributed by atoms with van der Waals surface area (Å²) < 4.78 is 0. The van der Waals surface area contributed by atoms with E-state index in [4.69, 9.17) is 22.9 Å². The maximum Gasteiger partial charge on any atom is 0.243 e. The lowest BCUT2D eigenvalue weighted by atomic mass is 10.0. The zero-order chi connectivity index (χ0) is 27.5. The minimum atomic E-state index is -1.17. The number of hydrogen-bond donors (Lipinski definition) is 9. The molecule has 0 aliphatic heterocycles. The van der Waals surface area contributed by atoms with E-state index in [-0.39, 0.29) is 49.0 Å². The van der Waals surface area contributed by atoms with Crippen LogP contribution < -0.4 is 33.6 Å². The van der Waals surface area contributed by atoms with Crippen molar-refractivity contribution >= 4 is 23.7 Å². The van der Waals surface area contributed by atoms with Crippen LogP contribution in [0.2, 0.25) is 0 Å². The third-order valence-electron chi connectivity index (χ3n) is 5.45. The Morgan fingerprint density at radius 3 is 2.03 bits per heavy atom.